The summed E-state index contributed by atoms with van der Waals surface area (Å²) < 4.78 is 39.6. The highest BCUT2D eigenvalue weighted by Crippen LogP contribution is 2.61. The highest BCUT2D eigenvalue weighted by molar-refractivity contribution is 6.03. The zero-order valence-electron chi connectivity index (χ0n) is 64.4. The van der Waals surface area contributed by atoms with Crippen LogP contribution in [-0.4, -0.2) is 61.4 Å². The number of allylic oxidation sites excluding steroid dienone is 1. The summed E-state index contributed by atoms with van der Waals surface area (Å²) in [6.07, 6.45) is 21.6. The summed E-state index contributed by atoms with van der Waals surface area (Å²) in [7, 11) is 3.06. The van der Waals surface area contributed by atoms with Crippen molar-refractivity contribution in [2.24, 2.45) is 44.8 Å². The van der Waals surface area contributed by atoms with Gasteiger partial charge in [-0.15, -0.1) is 0 Å². The van der Waals surface area contributed by atoms with Gasteiger partial charge in [-0.25, -0.2) is 0 Å². The molecule has 0 aromatic heterocycles. The van der Waals surface area contributed by atoms with Crippen molar-refractivity contribution in [3.8, 4) is 0 Å². The molecule has 6 fully saturated rings. The third-order valence-corrected chi connectivity index (χ3v) is 26.6. The standard InChI is InChI=1S/C22H32O4.C22H30O3.C21H32O3.C21H28O3/c1-13(19(23)24)17-16(22(5)11-7-10-21(3,4)12-22)9-8-15-18(17)14(2)26-20(15)25-6;1-14(20(24)25-5)18-16(9-7-15-8-10-17(23)19(15)18)22(4)12-6-11-21(2,3)13-22;2*1-12-16-15(21(5)10-6-9-20(3,4)11-21)8-7-14-13(2)23-19(17(14)16)24-18(12)22/h8-9,13-14,20H,7,10-12H2,1-6H3,(H,23,24);7,9,14H,6,8,10-13H2,1-5H3;12-14,17,19H,6-11H2,1-5H3;7-8,12-13,19H,6,9-11H2,1-5H3/t13-,14+,20+,22+;14-,22+;12-,13+,14+,17-,19?,21+;12-,13+,19+,21+/m1111/s1. The fourth-order valence-electron chi connectivity index (χ4n) is 22.5. The lowest BCUT2D eigenvalue weighted by atomic mass is 9.56. The highest BCUT2D eigenvalue weighted by Gasteiger charge is 2.57. The van der Waals surface area contributed by atoms with Crippen LogP contribution < -0.4 is 0 Å². The number of benzene rings is 3. The number of carboxylic acids is 1. The molecule has 5 aliphatic heterocycles. The molecule has 0 amide bonds. The Kier molecular flexibility index (Phi) is 20.8. The van der Waals surface area contributed by atoms with Gasteiger partial charge in [-0.05, 0) is 250 Å². The minimum atomic E-state index is -0.786. The van der Waals surface area contributed by atoms with Crippen LogP contribution in [0.1, 0.15) is 368 Å². The van der Waals surface area contributed by atoms with Crippen LogP contribution in [0.15, 0.2) is 47.5 Å². The van der Waals surface area contributed by atoms with Crippen molar-refractivity contribution in [3.63, 3.8) is 0 Å². The first-order valence-electron chi connectivity index (χ1n) is 38.2. The van der Waals surface area contributed by atoms with Crippen LogP contribution in [0.25, 0.3) is 0 Å². The first-order chi connectivity index (χ1) is 46.2. The molecule has 13 heteroatoms. The molecule has 11 aliphatic rings. The molecular formula is C86H122O13. The number of ketones is 1. The lowest BCUT2D eigenvalue weighted by molar-refractivity contribution is -0.190. The minimum absolute atomic E-state index is 0.00271. The molecular weight excluding hydrogens is 1240 g/mol. The zero-order chi connectivity index (χ0) is 72.2. The number of esters is 3. The van der Waals surface area contributed by atoms with Crippen molar-refractivity contribution in [3.05, 3.63) is 114 Å². The Morgan fingerprint density at radius 2 is 1.03 bits per heavy atom. The van der Waals surface area contributed by atoms with Crippen molar-refractivity contribution < 1.29 is 62.2 Å². The fraction of sp³-hybridized carbons (Fsp3) is 0.709. The number of carbonyl (C=O) groups excluding carboxylic acids is 4. The minimum Gasteiger partial charge on any atom is -0.481 e. The van der Waals surface area contributed by atoms with Crippen molar-refractivity contribution in [2.75, 3.05) is 14.2 Å². The van der Waals surface area contributed by atoms with Crippen molar-refractivity contribution >= 4 is 29.7 Å². The zero-order valence-corrected chi connectivity index (χ0v) is 64.4. The van der Waals surface area contributed by atoms with E-state index in [1.54, 1.807) is 19.6 Å². The molecule has 0 bridgehead atoms. The number of Topliss-reactive ketones (excluding diaryl/α,β-unsaturated/α-hetero) is 1. The molecule has 544 valence electrons. The summed E-state index contributed by atoms with van der Waals surface area (Å²) in [5.41, 5.74) is 17.7. The number of aliphatic carboxylic acids is 1. The molecule has 5 heterocycles. The maximum Gasteiger partial charge on any atom is 0.315 e. The van der Waals surface area contributed by atoms with Crippen LogP contribution in [0.5, 0.6) is 0 Å². The molecule has 0 spiro atoms. The van der Waals surface area contributed by atoms with Gasteiger partial charge in [0.15, 0.2) is 12.1 Å². The molecule has 2 saturated heterocycles. The van der Waals surface area contributed by atoms with Gasteiger partial charge in [0.25, 0.3) is 0 Å². The number of hydrogen-bond donors (Lipinski definition) is 1. The molecule has 3 aromatic carbocycles. The summed E-state index contributed by atoms with van der Waals surface area (Å²) in [5.74, 6) is -1.55. The van der Waals surface area contributed by atoms with Crippen molar-refractivity contribution in [2.45, 2.75) is 331 Å². The largest absolute Gasteiger partial charge is 0.481 e. The van der Waals surface area contributed by atoms with Crippen LogP contribution >= 0.6 is 0 Å². The summed E-state index contributed by atoms with van der Waals surface area (Å²) in [5, 5.41) is 9.81. The molecule has 13 nitrogen and oxygen atoms in total. The fourth-order valence-corrected chi connectivity index (χ4v) is 22.5. The van der Waals surface area contributed by atoms with E-state index in [2.05, 4.69) is 133 Å². The number of hydrogen-bond acceptors (Lipinski definition) is 12. The van der Waals surface area contributed by atoms with E-state index in [1.165, 1.54) is 118 Å². The van der Waals surface area contributed by atoms with Crippen molar-refractivity contribution in [1.29, 1.82) is 0 Å². The van der Waals surface area contributed by atoms with Crippen LogP contribution in [0.4, 0.5) is 0 Å². The molecule has 1 unspecified atom stereocenters. The van der Waals surface area contributed by atoms with Gasteiger partial charge < -0.3 is 38.3 Å². The number of ether oxygens (including phenoxy) is 7. The van der Waals surface area contributed by atoms with Gasteiger partial charge >= 0.3 is 23.9 Å². The Balaban J connectivity index is 0.000000133. The number of methoxy groups -OCH3 is 2. The Labute approximate surface area is 593 Å². The number of carbonyl (C=O) groups is 5. The predicted octanol–water partition coefficient (Wildman–Crippen LogP) is 20.6. The summed E-state index contributed by atoms with van der Waals surface area (Å²) in [6, 6.07) is 13.0. The lowest BCUT2D eigenvalue weighted by Gasteiger charge is -2.49. The molecule has 6 aliphatic carbocycles. The van der Waals surface area contributed by atoms with E-state index in [1.807, 2.05) is 27.7 Å². The average Bonchev–Trinajstić information content (AvgIpc) is 1.69. The molecule has 4 saturated carbocycles. The van der Waals surface area contributed by atoms with E-state index in [0.717, 1.165) is 83.9 Å². The van der Waals surface area contributed by atoms with Gasteiger partial charge in [-0.1, -0.05) is 151 Å². The van der Waals surface area contributed by atoms with Gasteiger partial charge in [0, 0.05) is 36.1 Å². The van der Waals surface area contributed by atoms with E-state index < -0.39 is 30.4 Å². The third kappa shape index (κ3) is 14.2. The monoisotopic (exact) mass is 1360 g/mol. The van der Waals surface area contributed by atoms with E-state index in [4.69, 9.17) is 33.2 Å². The molecule has 3 aromatic rings. The maximum atomic E-state index is 12.6. The first kappa shape index (κ1) is 75.0. The Bertz CT molecular complexity index is 3660. The Morgan fingerprint density at radius 1 is 0.525 bits per heavy atom. The van der Waals surface area contributed by atoms with Gasteiger partial charge in [0.1, 0.15) is 0 Å². The van der Waals surface area contributed by atoms with E-state index in [9.17, 15) is 29.1 Å². The number of fused-ring (bicyclic) bond motifs is 2. The second kappa shape index (κ2) is 27.4. The lowest BCUT2D eigenvalue weighted by Crippen LogP contribution is -2.44. The Morgan fingerprint density at radius 3 is 1.58 bits per heavy atom. The average molecular weight is 1360 g/mol. The smallest absolute Gasteiger partial charge is 0.315 e. The van der Waals surface area contributed by atoms with E-state index in [-0.39, 0.29) is 92.6 Å². The molecule has 16 atom stereocenters. The number of carboxylic acid groups (broad SMARTS) is 1. The van der Waals surface area contributed by atoms with Crippen LogP contribution in [0, 0.1) is 44.8 Å². The van der Waals surface area contributed by atoms with Gasteiger partial charge in [-0.3, -0.25) is 24.0 Å². The second-order valence-corrected chi connectivity index (χ2v) is 37.0. The first-order valence-corrected chi connectivity index (χ1v) is 38.2. The normalized spacial score (nSPS) is 35.3. The molecule has 99 heavy (non-hydrogen) atoms. The molecule has 14 rings (SSSR count). The van der Waals surface area contributed by atoms with E-state index >= 15 is 0 Å². The van der Waals surface area contributed by atoms with Gasteiger partial charge in [0.05, 0.1) is 49.1 Å². The summed E-state index contributed by atoms with van der Waals surface area (Å²) in [6.45, 7) is 42.2. The number of aryl methyl sites for hydroxylation is 1. The molecule has 0 radical (unpaired) electrons. The Hall–Kier alpha value is -5.21. The van der Waals surface area contributed by atoms with E-state index in [0.29, 0.717) is 29.1 Å². The maximum absolute atomic E-state index is 12.6. The van der Waals surface area contributed by atoms with Crippen LogP contribution in [-0.2, 0) is 75.0 Å². The van der Waals surface area contributed by atoms with Crippen molar-refractivity contribution in [1.82, 2.24) is 0 Å². The third-order valence-electron chi connectivity index (χ3n) is 26.6. The number of rotatable bonds is 9. The molecule has 1 N–H and O–H groups in total. The van der Waals surface area contributed by atoms with Gasteiger partial charge in [0.2, 0.25) is 12.6 Å². The second-order valence-electron chi connectivity index (χ2n) is 37.0. The predicted molar refractivity (Wildman–Crippen MR) is 386 cm³/mol. The van der Waals surface area contributed by atoms with Gasteiger partial charge in [-0.2, -0.15) is 0 Å². The SMILES string of the molecule is COC(=O)[C@H](C)c1c([C@@]2(C)CCCC(C)(C)C2)ccc2c1C(=O)CC2.CO[C@H]1O[C@@H](C)c2c1ccc([C@@]1(C)CCCC(C)(C)C1)c2[C@@H](C)C(=O)O.C[C@@H]1O[C@H]2OC(=O)[C@H](C)c3c([C@@]4(C)CCCC(C)(C)C4)ccc1c32.C[C@H]1C(=O)OC2O[C@@H](C)[C@@H]3CCC([C@@]4(C)CCCC(C)(C)C4)=C1[C@H]23. The summed E-state index contributed by atoms with van der Waals surface area (Å²) >= 11 is 0. The van der Waals surface area contributed by atoms with Crippen LogP contribution in [0.2, 0.25) is 0 Å². The quantitative estimate of drug-likeness (QED) is 0.122. The summed E-state index contributed by atoms with van der Waals surface area (Å²) in [4.78, 5) is 61.8. The van der Waals surface area contributed by atoms with Crippen LogP contribution in [0.3, 0.4) is 0 Å². The topological polar surface area (TPSA) is 170 Å². The highest BCUT2D eigenvalue weighted by atomic mass is 16.7.